The summed E-state index contributed by atoms with van der Waals surface area (Å²) in [7, 11) is 0. The van der Waals surface area contributed by atoms with Gasteiger partial charge in [0.05, 0.1) is 31.2 Å². The minimum atomic E-state index is -0.331. The molecule has 1 saturated heterocycles. The molecule has 2 aliphatic heterocycles. The van der Waals surface area contributed by atoms with E-state index in [9.17, 15) is 4.39 Å². The van der Waals surface area contributed by atoms with E-state index in [2.05, 4.69) is 27.3 Å². The maximum atomic E-state index is 14.7. The molecular formula is C28H23ClFN5O. The highest BCUT2D eigenvalue weighted by atomic mass is 35.5. The molecule has 180 valence electrons. The highest BCUT2D eigenvalue weighted by Gasteiger charge is 2.23. The Morgan fingerprint density at radius 2 is 1.72 bits per heavy atom. The van der Waals surface area contributed by atoms with Crippen molar-refractivity contribution in [3.63, 3.8) is 0 Å². The Morgan fingerprint density at radius 1 is 0.917 bits per heavy atom. The van der Waals surface area contributed by atoms with Gasteiger partial charge in [-0.25, -0.2) is 14.4 Å². The van der Waals surface area contributed by atoms with Gasteiger partial charge in [0.1, 0.15) is 5.82 Å². The maximum absolute atomic E-state index is 14.7. The number of anilines is 3. The van der Waals surface area contributed by atoms with Gasteiger partial charge in [0.2, 0.25) is 5.95 Å². The second-order valence-electron chi connectivity index (χ2n) is 8.67. The Morgan fingerprint density at radius 3 is 2.53 bits per heavy atom. The molecule has 0 bridgehead atoms. The molecule has 6 nitrogen and oxygen atoms in total. The molecule has 2 aliphatic rings. The number of aromatic nitrogens is 2. The molecule has 0 radical (unpaired) electrons. The molecule has 8 heteroatoms. The smallest absolute Gasteiger partial charge is 0.227 e. The van der Waals surface area contributed by atoms with Crippen LogP contribution >= 0.6 is 11.6 Å². The topological polar surface area (TPSA) is 62.6 Å². The molecule has 1 N–H and O–H groups in total. The van der Waals surface area contributed by atoms with Gasteiger partial charge in [-0.3, -0.25) is 4.99 Å². The predicted molar refractivity (Wildman–Crippen MR) is 141 cm³/mol. The van der Waals surface area contributed by atoms with Crippen molar-refractivity contribution in [2.45, 2.75) is 6.54 Å². The Hall–Kier alpha value is -3.81. The number of fused-ring (bicyclic) bond motifs is 3. The lowest BCUT2D eigenvalue weighted by Gasteiger charge is -2.28. The SMILES string of the molecule is Fc1ccccc1C1=NCc2cnc(Nc3ccc(N4CCOCC4)cc3)nc2-c2ccc(Cl)cc21. The van der Waals surface area contributed by atoms with E-state index < -0.39 is 0 Å². The molecule has 6 rings (SSSR count). The molecule has 0 unspecified atom stereocenters. The summed E-state index contributed by atoms with van der Waals surface area (Å²) in [6.45, 7) is 3.61. The molecule has 1 aromatic heterocycles. The second-order valence-corrected chi connectivity index (χ2v) is 9.11. The van der Waals surface area contributed by atoms with Gasteiger partial charge in [0, 0.05) is 57.9 Å². The summed E-state index contributed by atoms with van der Waals surface area (Å²) in [4.78, 5) is 16.4. The van der Waals surface area contributed by atoms with Crippen molar-refractivity contribution in [3.05, 3.63) is 100 Å². The quantitative estimate of drug-likeness (QED) is 0.380. The number of nitrogens with one attached hydrogen (secondary N) is 1. The van der Waals surface area contributed by atoms with E-state index in [1.54, 1.807) is 24.4 Å². The van der Waals surface area contributed by atoms with Crippen molar-refractivity contribution in [2.75, 3.05) is 36.5 Å². The van der Waals surface area contributed by atoms with Gasteiger partial charge in [-0.05, 0) is 48.5 Å². The third-order valence-corrected chi connectivity index (χ3v) is 6.63. The monoisotopic (exact) mass is 499 g/mol. The Kier molecular flexibility index (Phi) is 6.09. The number of hydrogen-bond acceptors (Lipinski definition) is 6. The van der Waals surface area contributed by atoms with Crippen LogP contribution in [-0.4, -0.2) is 42.0 Å². The van der Waals surface area contributed by atoms with E-state index in [0.29, 0.717) is 28.8 Å². The highest BCUT2D eigenvalue weighted by molar-refractivity contribution is 6.31. The Balaban J connectivity index is 1.33. The molecule has 1 fully saturated rings. The molecular weight excluding hydrogens is 477 g/mol. The molecule has 0 aliphatic carbocycles. The van der Waals surface area contributed by atoms with Crippen LogP contribution in [0.4, 0.5) is 21.7 Å². The van der Waals surface area contributed by atoms with Crippen LogP contribution in [0.5, 0.6) is 0 Å². The summed E-state index contributed by atoms with van der Waals surface area (Å²) in [5, 5.41) is 3.86. The average Bonchev–Trinajstić information content (AvgIpc) is 3.06. The van der Waals surface area contributed by atoms with Gasteiger partial charge < -0.3 is 15.0 Å². The molecule has 36 heavy (non-hydrogen) atoms. The first-order valence-corrected chi connectivity index (χ1v) is 12.2. The van der Waals surface area contributed by atoms with Crippen LogP contribution in [0, 0.1) is 5.82 Å². The van der Waals surface area contributed by atoms with Crippen LogP contribution in [0.3, 0.4) is 0 Å². The normalized spacial score (nSPS) is 14.9. The van der Waals surface area contributed by atoms with Crippen molar-refractivity contribution in [1.29, 1.82) is 0 Å². The van der Waals surface area contributed by atoms with Gasteiger partial charge in [0.25, 0.3) is 0 Å². The van der Waals surface area contributed by atoms with Gasteiger partial charge in [-0.1, -0.05) is 29.8 Å². The number of morpholine rings is 1. The first-order chi connectivity index (χ1) is 17.7. The molecule has 0 saturated carbocycles. The van der Waals surface area contributed by atoms with Crippen molar-refractivity contribution >= 4 is 34.6 Å². The molecule has 4 aromatic rings. The predicted octanol–water partition coefficient (Wildman–Crippen LogP) is 5.87. The fourth-order valence-corrected chi connectivity index (χ4v) is 4.75. The minimum Gasteiger partial charge on any atom is -0.378 e. The maximum Gasteiger partial charge on any atom is 0.227 e. The van der Waals surface area contributed by atoms with Crippen molar-refractivity contribution < 1.29 is 9.13 Å². The van der Waals surface area contributed by atoms with E-state index in [4.69, 9.17) is 26.3 Å². The summed E-state index contributed by atoms with van der Waals surface area (Å²) >= 11 is 6.35. The summed E-state index contributed by atoms with van der Waals surface area (Å²) in [6, 6.07) is 20.4. The molecule has 0 atom stereocenters. The van der Waals surface area contributed by atoms with Crippen LogP contribution in [0.2, 0.25) is 5.02 Å². The fourth-order valence-electron chi connectivity index (χ4n) is 4.57. The molecule has 0 spiro atoms. The zero-order valence-electron chi connectivity index (χ0n) is 19.4. The summed E-state index contributed by atoms with van der Waals surface area (Å²) in [5.41, 5.74) is 6.22. The van der Waals surface area contributed by atoms with E-state index in [1.807, 2.05) is 30.3 Å². The van der Waals surface area contributed by atoms with Gasteiger partial charge >= 0.3 is 0 Å². The third kappa shape index (κ3) is 4.43. The molecule has 0 amide bonds. The number of rotatable bonds is 4. The largest absolute Gasteiger partial charge is 0.378 e. The van der Waals surface area contributed by atoms with Crippen molar-refractivity contribution in [2.24, 2.45) is 4.99 Å². The number of hydrogen-bond donors (Lipinski definition) is 1. The van der Waals surface area contributed by atoms with Gasteiger partial charge in [-0.2, -0.15) is 0 Å². The highest BCUT2D eigenvalue weighted by Crippen LogP contribution is 2.34. The zero-order chi connectivity index (χ0) is 24.5. The average molecular weight is 500 g/mol. The zero-order valence-corrected chi connectivity index (χ0v) is 20.2. The van der Waals surface area contributed by atoms with E-state index in [1.165, 1.54) is 6.07 Å². The van der Waals surface area contributed by atoms with Crippen molar-refractivity contribution in [3.8, 4) is 11.3 Å². The van der Waals surface area contributed by atoms with Crippen LogP contribution in [0.1, 0.15) is 16.7 Å². The molecule has 3 aromatic carbocycles. The number of halogens is 2. The number of aliphatic imine (C=N–C) groups is 1. The van der Waals surface area contributed by atoms with Crippen LogP contribution in [0.25, 0.3) is 11.3 Å². The number of benzene rings is 3. The van der Waals surface area contributed by atoms with Gasteiger partial charge in [0.15, 0.2) is 0 Å². The Labute approximate surface area is 213 Å². The number of ether oxygens (including phenoxy) is 1. The third-order valence-electron chi connectivity index (χ3n) is 6.39. The Bertz CT molecular complexity index is 1450. The van der Waals surface area contributed by atoms with E-state index in [0.717, 1.165) is 60.1 Å². The summed E-state index contributed by atoms with van der Waals surface area (Å²) < 4.78 is 20.2. The lowest BCUT2D eigenvalue weighted by atomic mass is 9.95. The number of nitrogens with zero attached hydrogens (tertiary/aromatic N) is 4. The minimum absolute atomic E-state index is 0.331. The summed E-state index contributed by atoms with van der Waals surface area (Å²) in [6.07, 6.45) is 1.78. The second kappa shape index (κ2) is 9.68. The van der Waals surface area contributed by atoms with Crippen LogP contribution in [-0.2, 0) is 11.3 Å². The first kappa shape index (κ1) is 22.6. The van der Waals surface area contributed by atoms with Crippen LogP contribution < -0.4 is 10.2 Å². The van der Waals surface area contributed by atoms with Crippen molar-refractivity contribution in [1.82, 2.24) is 9.97 Å². The lowest BCUT2D eigenvalue weighted by molar-refractivity contribution is 0.122. The van der Waals surface area contributed by atoms with E-state index in [-0.39, 0.29) is 5.82 Å². The fraction of sp³-hybridized carbons (Fsp3) is 0.179. The standard InChI is InChI=1S/C28H23ClFN5O/c29-19-5-10-22-24(15-19)27(23-3-1-2-4-25(23)30)31-16-18-17-32-28(34-26(18)22)33-20-6-8-21(9-7-20)35-11-13-36-14-12-35/h1-10,15,17H,11-14,16H2,(H,32,33,34). The van der Waals surface area contributed by atoms with E-state index >= 15 is 0 Å². The molecule has 3 heterocycles. The van der Waals surface area contributed by atoms with Gasteiger partial charge in [-0.15, -0.1) is 0 Å². The lowest BCUT2D eigenvalue weighted by Crippen LogP contribution is -2.36. The first-order valence-electron chi connectivity index (χ1n) is 11.8. The summed E-state index contributed by atoms with van der Waals surface area (Å²) in [5.74, 6) is 0.144. The van der Waals surface area contributed by atoms with Crippen LogP contribution in [0.15, 0.2) is 77.9 Å².